The number of hydrogen-bond donors (Lipinski definition) is 6. The number of benzene rings is 2. The maximum Gasteiger partial charge on any atom is 0.251 e. The summed E-state index contributed by atoms with van der Waals surface area (Å²) in [7, 11) is 0. The van der Waals surface area contributed by atoms with E-state index in [9.17, 15) is 23.6 Å². The smallest absolute Gasteiger partial charge is 0.251 e. The number of nitrogens with two attached hydrogens (primary N) is 2. The average molecular weight is 850 g/mol. The minimum absolute atomic E-state index is 0.0207. The van der Waals surface area contributed by atoms with Gasteiger partial charge in [0.05, 0.1) is 17.1 Å². The van der Waals surface area contributed by atoms with Gasteiger partial charge in [-0.15, -0.1) is 0 Å². The number of aryl methyl sites for hydroxylation is 1. The zero-order chi connectivity index (χ0) is 42.8. The van der Waals surface area contributed by atoms with Crippen LogP contribution in [0.4, 0.5) is 4.39 Å². The second-order valence-corrected chi connectivity index (χ2v) is 16.3. The second-order valence-electron chi connectivity index (χ2n) is 15.5. The highest BCUT2D eigenvalue weighted by Gasteiger charge is 2.33. The van der Waals surface area contributed by atoms with Gasteiger partial charge in [0.15, 0.2) is 0 Å². The summed E-state index contributed by atoms with van der Waals surface area (Å²) in [6.45, 7) is 15.0. The zero-order valence-electron chi connectivity index (χ0n) is 35.1. The summed E-state index contributed by atoms with van der Waals surface area (Å²) in [5, 5.41) is 13.2. The maximum absolute atomic E-state index is 13.6. The molecule has 2 aliphatic rings. The van der Waals surface area contributed by atoms with Crippen LogP contribution in [0.5, 0.6) is 0 Å². The first-order chi connectivity index (χ1) is 27.8. The summed E-state index contributed by atoms with van der Waals surface area (Å²) in [5.74, 6) is 0.0713. The molecule has 15 heteroatoms. The van der Waals surface area contributed by atoms with Crippen LogP contribution in [-0.4, -0.2) is 110 Å². The number of hydrogen-bond acceptors (Lipinski definition) is 8. The zero-order valence-corrected chi connectivity index (χ0v) is 36.6. The highest BCUT2D eigenvalue weighted by atomic mass is 35.5. The van der Waals surface area contributed by atoms with E-state index in [1.807, 2.05) is 16.7 Å². The molecule has 2 saturated heterocycles. The largest absolute Gasteiger partial charge is 0.350 e. The van der Waals surface area contributed by atoms with Crippen LogP contribution < -0.4 is 32.7 Å². The molecule has 2 aliphatic heterocycles. The number of carbonyl (C=O) groups is 4. The highest BCUT2D eigenvalue weighted by Crippen LogP contribution is 2.20. The van der Waals surface area contributed by atoms with Gasteiger partial charge < -0.3 is 42.5 Å². The van der Waals surface area contributed by atoms with Gasteiger partial charge in [0.2, 0.25) is 11.8 Å². The van der Waals surface area contributed by atoms with Gasteiger partial charge in [-0.2, -0.15) is 0 Å². The van der Waals surface area contributed by atoms with Gasteiger partial charge in [-0.1, -0.05) is 76.6 Å². The Balaban J connectivity index is 0.000000310. The molecular weight excluding hydrogens is 782 g/mol. The molecule has 2 heterocycles. The minimum atomic E-state index is -0.627. The highest BCUT2D eigenvalue weighted by molar-refractivity contribution is 6.31. The lowest BCUT2D eigenvalue weighted by Gasteiger charge is -2.27. The Labute approximate surface area is 355 Å². The van der Waals surface area contributed by atoms with E-state index in [1.54, 1.807) is 18.2 Å². The third-order valence-corrected chi connectivity index (χ3v) is 12.1. The predicted octanol–water partition coefficient (Wildman–Crippen LogP) is 5.28. The van der Waals surface area contributed by atoms with Crippen molar-refractivity contribution >= 4 is 46.8 Å². The summed E-state index contributed by atoms with van der Waals surface area (Å²) in [6, 6.07) is 8.53. The van der Waals surface area contributed by atoms with Crippen molar-refractivity contribution in [1.29, 1.82) is 0 Å². The van der Waals surface area contributed by atoms with Crippen molar-refractivity contribution < 1.29 is 23.6 Å². The summed E-state index contributed by atoms with van der Waals surface area (Å²) < 4.78 is 13.6. The average Bonchev–Trinajstić information content (AvgIpc) is 3.46. The van der Waals surface area contributed by atoms with Crippen LogP contribution in [0.1, 0.15) is 105 Å². The molecule has 0 spiro atoms. The van der Waals surface area contributed by atoms with Crippen molar-refractivity contribution in [3.8, 4) is 0 Å². The van der Waals surface area contributed by atoms with Gasteiger partial charge in [0, 0.05) is 67.5 Å². The molecule has 0 radical (unpaired) electrons. The molecule has 0 saturated carbocycles. The van der Waals surface area contributed by atoms with Crippen LogP contribution in [0.25, 0.3) is 0 Å². The molecule has 0 bridgehead atoms. The van der Waals surface area contributed by atoms with E-state index in [-0.39, 0.29) is 58.4 Å². The lowest BCUT2D eigenvalue weighted by molar-refractivity contribution is -0.134. The number of carbonyl (C=O) groups excluding carboxylic acids is 4. The van der Waals surface area contributed by atoms with Crippen LogP contribution in [0.3, 0.4) is 0 Å². The molecule has 4 rings (SSSR count). The molecule has 2 aromatic carbocycles. The van der Waals surface area contributed by atoms with E-state index in [0.717, 1.165) is 63.2 Å². The van der Waals surface area contributed by atoms with Gasteiger partial charge in [0.1, 0.15) is 5.82 Å². The fourth-order valence-electron chi connectivity index (χ4n) is 7.37. The minimum Gasteiger partial charge on any atom is -0.350 e. The first-order valence-corrected chi connectivity index (χ1v) is 21.8. The molecule has 8 N–H and O–H groups in total. The fraction of sp³-hybridized carbons (Fsp3) is 0.628. The van der Waals surface area contributed by atoms with E-state index in [1.165, 1.54) is 12.1 Å². The topological polar surface area (TPSA) is 175 Å². The molecule has 0 aromatic heterocycles. The van der Waals surface area contributed by atoms with E-state index < -0.39 is 5.82 Å². The molecule has 324 valence electrons. The van der Waals surface area contributed by atoms with Crippen LogP contribution in [-0.2, 0) is 9.59 Å². The van der Waals surface area contributed by atoms with Crippen LogP contribution in [0, 0.1) is 24.6 Å². The SMILES string of the molecule is CCC(CC)CN1CC[C@@H](CNC(=O)c2ccc(Cl)c(C)c2)N[C@@H](CCN)C1=O.CCC(CC)CN1CC[C@@H](CNC(=O)c2ccc(Cl)c(F)c2)N[C@@H](CCN)C1=O. The molecule has 0 unspecified atom stereocenters. The van der Waals surface area contributed by atoms with E-state index >= 15 is 0 Å². The van der Waals surface area contributed by atoms with E-state index in [2.05, 4.69) is 49.0 Å². The summed E-state index contributed by atoms with van der Waals surface area (Å²) >= 11 is 11.7. The summed E-state index contributed by atoms with van der Waals surface area (Å²) in [6.07, 6.45) is 6.86. The second kappa shape index (κ2) is 25.3. The fourth-order valence-corrected chi connectivity index (χ4v) is 7.61. The van der Waals surface area contributed by atoms with Gasteiger partial charge in [0.25, 0.3) is 11.8 Å². The number of rotatable bonds is 18. The molecule has 2 fully saturated rings. The first kappa shape index (κ1) is 49.0. The Morgan fingerprint density at radius 3 is 1.53 bits per heavy atom. The monoisotopic (exact) mass is 848 g/mol. The van der Waals surface area contributed by atoms with Crippen LogP contribution in [0.2, 0.25) is 10.0 Å². The van der Waals surface area contributed by atoms with Gasteiger partial charge >= 0.3 is 0 Å². The van der Waals surface area contributed by atoms with E-state index in [4.69, 9.17) is 34.7 Å². The standard InChI is InChI=1S/C22H35ClN4O2.C21H32ClFN4O2/c1-4-16(5-2)14-27-11-9-18(26-20(8-10-24)22(27)29)13-25-21(28)17-6-7-19(23)15(3)12-17;1-3-14(4-2)13-27-10-8-16(26-19(7-9-24)21(27)29)12-25-20(28)15-5-6-17(22)18(23)11-15/h6-7,12,16,18,20,26H,4-5,8-11,13-14,24H2,1-3H3,(H,25,28);5-6,11,14,16,19,26H,3-4,7-10,12-13,24H2,1-2H3,(H,25,28)/t18-,20-;16-,19-/m00/s1. The van der Waals surface area contributed by atoms with Crippen LogP contribution >= 0.6 is 23.2 Å². The summed E-state index contributed by atoms with van der Waals surface area (Å²) in [4.78, 5) is 54.7. The van der Waals surface area contributed by atoms with Crippen molar-refractivity contribution in [1.82, 2.24) is 31.1 Å². The normalized spacial score (nSPS) is 20.1. The molecular formula is C43H67Cl2FN8O4. The van der Waals surface area contributed by atoms with Crippen LogP contribution in [0.15, 0.2) is 36.4 Å². The van der Waals surface area contributed by atoms with Gasteiger partial charge in [-0.05, 0) is 99.5 Å². The predicted molar refractivity (Wildman–Crippen MR) is 232 cm³/mol. The van der Waals surface area contributed by atoms with Crippen molar-refractivity contribution in [2.45, 2.75) is 110 Å². The Morgan fingerprint density at radius 2 is 1.16 bits per heavy atom. The quantitative estimate of drug-likeness (QED) is 0.118. The maximum atomic E-state index is 13.6. The number of amides is 4. The molecule has 4 atom stereocenters. The Kier molecular flexibility index (Phi) is 21.4. The molecule has 0 aliphatic carbocycles. The number of halogens is 3. The molecule has 4 amide bonds. The third-order valence-electron chi connectivity index (χ3n) is 11.4. The molecule has 2 aromatic rings. The van der Waals surface area contributed by atoms with E-state index in [0.29, 0.717) is 74.5 Å². The van der Waals surface area contributed by atoms with Crippen molar-refractivity contribution in [3.63, 3.8) is 0 Å². The van der Waals surface area contributed by atoms with Gasteiger partial charge in [-0.25, -0.2) is 4.39 Å². The Hall–Kier alpha value is -3.33. The Bertz CT molecular complexity index is 1510. The lowest BCUT2D eigenvalue weighted by Crippen LogP contribution is -2.50. The van der Waals surface area contributed by atoms with Crippen molar-refractivity contribution in [2.75, 3.05) is 52.4 Å². The lowest BCUT2D eigenvalue weighted by atomic mass is 10.0. The van der Waals surface area contributed by atoms with Crippen molar-refractivity contribution in [3.05, 3.63) is 69.0 Å². The summed E-state index contributed by atoms with van der Waals surface area (Å²) in [5.41, 5.74) is 13.1. The molecule has 58 heavy (non-hydrogen) atoms. The Morgan fingerprint density at radius 1 is 0.741 bits per heavy atom. The molecule has 12 nitrogen and oxygen atoms in total. The number of nitrogens with zero attached hydrogens (tertiary/aromatic N) is 2. The van der Waals surface area contributed by atoms with Gasteiger partial charge in [-0.3, -0.25) is 19.2 Å². The first-order valence-electron chi connectivity index (χ1n) is 21.1. The third kappa shape index (κ3) is 15.0. The number of nitrogens with one attached hydrogen (secondary N) is 4. The van der Waals surface area contributed by atoms with Crippen molar-refractivity contribution in [2.24, 2.45) is 23.3 Å².